The lowest BCUT2D eigenvalue weighted by atomic mass is 9.84. The van der Waals surface area contributed by atoms with Crippen LogP contribution in [0.1, 0.15) is 42.4 Å². The topological polar surface area (TPSA) is 60.5 Å². The maximum Gasteiger partial charge on any atom is 0.220 e. The van der Waals surface area contributed by atoms with Crippen LogP contribution in [0.5, 0.6) is 11.5 Å². The normalized spacial score (nSPS) is 16.1. The number of nitrogens with zero attached hydrogens (tertiary/aromatic N) is 1. The lowest BCUT2D eigenvalue weighted by Gasteiger charge is -2.20. The molecule has 1 N–H and O–H groups in total. The van der Waals surface area contributed by atoms with E-state index in [-0.39, 0.29) is 17.2 Å². The van der Waals surface area contributed by atoms with E-state index >= 15 is 0 Å². The van der Waals surface area contributed by atoms with Gasteiger partial charge in [0.05, 0.1) is 14.2 Å². The molecule has 0 unspecified atom stereocenters. The van der Waals surface area contributed by atoms with Gasteiger partial charge in [-0.25, -0.2) is 0 Å². The molecule has 1 amide bonds. The second-order valence-corrected chi connectivity index (χ2v) is 8.71. The van der Waals surface area contributed by atoms with E-state index in [1.54, 1.807) is 20.4 Å². The highest BCUT2D eigenvalue weighted by molar-refractivity contribution is 5.77. The Hall–Kier alpha value is -3.34. The van der Waals surface area contributed by atoms with Crippen LogP contribution in [0.3, 0.4) is 0 Å². The first-order valence-electron chi connectivity index (χ1n) is 11.6. The minimum Gasteiger partial charge on any atom is -0.497 e. The average Bonchev–Trinajstić information content (AvgIpc) is 3.59. The largest absolute Gasteiger partial charge is 0.497 e. The van der Waals surface area contributed by atoms with Crippen molar-refractivity contribution in [2.24, 2.45) is 5.92 Å². The summed E-state index contributed by atoms with van der Waals surface area (Å²) in [6.07, 6.45) is 8.12. The third-order valence-corrected chi connectivity index (χ3v) is 6.64. The van der Waals surface area contributed by atoms with Gasteiger partial charge in [-0.3, -0.25) is 9.78 Å². The van der Waals surface area contributed by atoms with Gasteiger partial charge in [0.25, 0.3) is 0 Å². The Morgan fingerprint density at radius 2 is 1.70 bits per heavy atom. The van der Waals surface area contributed by atoms with Crippen LogP contribution in [0.2, 0.25) is 0 Å². The van der Waals surface area contributed by atoms with Crippen molar-refractivity contribution in [1.29, 1.82) is 0 Å². The molecule has 1 heterocycles. The quantitative estimate of drug-likeness (QED) is 0.426. The molecule has 5 heteroatoms. The zero-order valence-electron chi connectivity index (χ0n) is 19.4. The summed E-state index contributed by atoms with van der Waals surface area (Å²) in [5.74, 6) is 2.03. The molecule has 1 atom stereocenters. The summed E-state index contributed by atoms with van der Waals surface area (Å²) in [5.41, 5.74) is 3.41. The van der Waals surface area contributed by atoms with E-state index in [1.165, 1.54) is 16.7 Å². The van der Waals surface area contributed by atoms with E-state index in [9.17, 15) is 4.79 Å². The van der Waals surface area contributed by atoms with Crippen molar-refractivity contribution in [2.75, 3.05) is 20.8 Å². The van der Waals surface area contributed by atoms with Crippen molar-refractivity contribution < 1.29 is 14.3 Å². The summed E-state index contributed by atoms with van der Waals surface area (Å²) in [4.78, 5) is 16.9. The first-order valence-corrected chi connectivity index (χ1v) is 11.6. The molecule has 0 spiro atoms. The number of methoxy groups -OCH3 is 2. The Labute approximate surface area is 196 Å². The van der Waals surface area contributed by atoms with Gasteiger partial charge in [-0.05, 0) is 78.6 Å². The number of benzene rings is 2. The maximum atomic E-state index is 12.8. The Morgan fingerprint density at radius 1 is 1.00 bits per heavy atom. The molecule has 3 aromatic rings. The van der Waals surface area contributed by atoms with Crippen LogP contribution in [0, 0.1) is 5.92 Å². The van der Waals surface area contributed by atoms with E-state index in [4.69, 9.17) is 9.47 Å². The van der Waals surface area contributed by atoms with Crippen LogP contribution >= 0.6 is 0 Å². The summed E-state index contributed by atoms with van der Waals surface area (Å²) in [6.45, 7) is 0.705. The summed E-state index contributed by atoms with van der Waals surface area (Å²) in [5, 5.41) is 3.12. The first kappa shape index (κ1) is 22.8. The Kier molecular flexibility index (Phi) is 7.28. The van der Waals surface area contributed by atoms with Crippen molar-refractivity contribution in [3.63, 3.8) is 0 Å². The van der Waals surface area contributed by atoms with Crippen molar-refractivity contribution in [2.45, 2.75) is 37.5 Å². The number of aryl methyl sites for hydroxylation is 1. The highest BCUT2D eigenvalue weighted by Gasteiger charge is 2.57. The van der Waals surface area contributed by atoms with Crippen LogP contribution in [-0.2, 0) is 16.6 Å². The van der Waals surface area contributed by atoms with Gasteiger partial charge in [0.1, 0.15) is 11.5 Å². The fourth-order valence-electron chi connectivity index (χ4n) is 4.77. The van der Waals surface area contributed by atoms with Crippen molar-refractivity contribution >= 4 is 5.91 Å². The van der Waals surface area contributed by atoms with Gasteiger partial charge in [-0.2, -0.15) is 0 Å². The molecule has 0 bridgehead atoms. The maximum absolute atomic E-state index is 12.8. The lowest BCUT2D eigenvalue weighted by Crippen LogP contribution is -2.26. The van der Waals surface area contributed by atoms with Crippen LogP contribution in [-0.4, -0.2) is 31.7 Å². The predicted molar refractivity (Wildman–Crippen MR) is 130 cm³/mol. The number of carbonyl (C=O) groups is 1. The lowest BCUT2D eigenvalue weighted by molar-refractivity contribution is -0.121. The Morgan fingerprint density at radius 3 is 2.30 bits per heavy atom. The van der Waals surface area contributed by atoms with Crippen LogP contribution in [0.25, 0.3) is 0 Å². The molecule has 0 radical (unpaired) electrons. The second-order valence-electron chi connectivity index (χ2n) is 8.71. The summed E-state index contributed by atoms with van der Waals surface area (Å²) < 4.78 is 11.0. The smallest absolute Gasteiger partial charge is 0.220 e. The number of rotatable bonds is 11. The number of unbranched alkanes of at least 4 members (excludes halogenated alkanes) is 1. The molecular formula is C28H32N2O3. The fourth-order valence-corrected chi connectivity index (χ4v) is 4.77. The molecule has 2 aromatic carbocycles. The predicted octanol–water partition coefficient (Wildman–Crippen LogP) is 4.93. The standard InChI is InChI=1S/C28H32N2O3/c1-32-25-12-5-10-22(16-25)28(23-11-6-13-26(17-23)33-2)19-24(28)18-27(31)30-15-4-3-8-21-9-7-14-29-20-21/h5-7,9-14,16-17,20,24H,3-4,8,15,18-19H2,1-2H3,(H,30,31)/t24-/m1/s1. The number of carbonyl (C=O) groups excluding carboxylic acids is 1. The molecule has 1 aliphatic carbocycles. The Balaban J connectivity index is 1.38. The summed E-state index contributed by atoms with van der Waals surface area (Å²) in [7, 11) is 3.37. The van der Waals surface area contributed by atoms with Gasteiger partial charge < -0.3 is 14.8 Å². The second kappa shape index (κ2) is 10.5. The van der Waals surface area contributed by atoms with Gasteiger partial charge in [0.15, 0.2) is 0 Å². The number of ether oxygens (including phenoxy) is 2. The SMILES string of the molecule is COc1cccc(C2(c3cccc(OC)c3)C[C@H]2CC(=O)NCCCCc2cccnc2)c1. The molecule has 1 aliphatic rings. The molecule has 1 saturated carbocycles. The number of amides is 1. The number of aromatic nitrogens is 1. The number of nitrogens with one attached hydrogen (secondary N) is 1. The first-order chi connectivity index (χ1) is 16.2. The molecule has 1 aromatic heterocycles. The molecule has 33 heavy (non-hydrogen) atoms. The van der Waals surface area contributed by atoms with Crippen LogP contribution in [0.4, 0.5) is 0 Å². The Bertz CT molecular complexity index is 1020. The minimum atomic E-state index is -0.194. The van der Waals surface area contributed by atoms with Crippen molar-refractivity contribution in [3.8, 4) is 11.5 Å². The van der Waals surface area contributed by atoms with Crippen molar-refractivity contribution in [3.05, 3.63) is 89.7 Å². The molecule has 0 saturated heterocycles. The fraction of sp³-hybridized carbons (Fsp3) is 0.357. The van der Waals surface area contributed by atoms with E-state index < -0.39 is 0 Å². The highest BCUT2D eigenvalue weighted by Crippen LogP contribution is 2.61. The van der Waals surface area contributed by atoms with Gasteiger partial charge >= 0.3 is 0 Å². The van der Waals surface area contributed by atoms with Gasteiger partial charge in [0.2, 0.25) is 5.91 Å². The zero-order chi connectivity index (χ0) is 23.1. The summed E-state index contributed by atoms with van der Waals surface area (Å²) >= 11 is 0. The third kappa shape index (κ3) is 5.36. The molecule has 5 nitrogen and oxygen atoms in total. The number of hydrogen-bond donors (Lipinski definition) is 1. The van der Waals surface area contributed by atoms with Gasteiger partial charge in [-0.15, -0.1) is 0 Å². The molecule has 172 valence electrons. The number of hydrogen-bond acceptors (Lipinski definition) is 4. The van der Waals surface area contributed by atoms with Gasteiger partial charge in [-0.1, -0.05) is 30.3 Å². The molecule has 1 fully saturated rings. The minimum absolute atomic E-state index is 0.119. The molecule has 4 rings (SSSR count). The van der Waals surface area contributed by atoms with E-state index in [0.29, 0.717) is 13.0 Å². The number of pyridine rings is 1. The monoisotopic (exact) mass is 444 g/mol. The summed E-state index contributed by atoms with van der Waals surface area (Å²) in [6, 6.07) is 20.5. The van der Waals surface area contributed by atoms with Crippen LogP contribution in [0.15, 0.2) is 73.1 Å². The van der Waals surface area contributed by atoms with Crippen LogP contribution < -0.4 is 14.8 Å². The molecule has 0 aliphatic heterocycles. The van der Waals surface area contributed by atoms with E-state index in [2.05, 4.69) is 40.6 Å². The van der Waals surface area contributed by atoms with E-state index in [0.717, 1.165) is 37.2 Å². The average molecular weight is 445 g/mol. The van der Waals surface area contributed by atoms with Crippen molar-refractivity contribution in [1.82, 2.24) is 10.3 Å². The van der Waals surface area contributed by atoms with E-state index in [1.807, 2.05) is 36.5 Å². The zero-order valence-corrected chi connectivity index (χ0v) is 19.4. The highest BCUT2D eigenvalue weighted by atomic mass is 16.5. The third-order valence-electron chi connectivity index (χ3n) is 6.64. The molecular weight excluding hydrogens is 412 g/mol. The van der Waals surface area contributed by atoms with Gasteiger partial charge in [0, 0.05) is 30.8 Å².